The Balaban J connectivity index is 2.16. The zero-order chi connectivity index (χ0) is 14.1. The highest BCUT2D eigenvalue weighted by molar-refractivity contribution is 5.83. The first-order valence-electron chi connectivity index (χ1n) is 6.14. The van der Waals surface area contributed by atoms with Crippen molar-refractivity contribution in [1.82, 2.24) is 0 Å². The Labute approximate surface area is 115 Å². The molecule has 0 atom stereocenters. The van der Waals surface area contributed by atoms with Crippen molar-refractivity contribution in [3.8, 4) is 17.0 Å². The molecule has 0 bridgehead atoms. The Morgan fingerprint density at radius 1 is 1.00 bits per heavy atom. The van der Waals surface area contributed by atoms with Gasteiger partial charge in [-0.3, -0.25) is 0 Å². The molecule has 3 rings (SSSR count). The van der Waals surface area contributed by atoms with Crippen LogP contribution in [-0.4, -0.2) is 7.11 Å². The summed E-state index contributed by atoms with van der Waals surface area (Å²) < 4.78 is 19.1. The predicted octanol–water partition coefficient (Wildman–Crippen LogP) is 3.29. The largest absolute Gasteiger partial charge is 0.618 e. The van der Waals surface area contributed by atoms with Gasteiger partial charge in [-0.25, -0.2) is 4.39 Å². The van der Waals surface area contributed by atoms with Crippen LogP contribution in [0.4, 0.5) is 4.39 Å². The molecular formula is C16H12FNO2. The fraction of sp³-hybridized carbons (Fsp3) is 0.0625. The summed E-state index contributed by atoms with van der Waals surface area (Å²) in [6.45, 7) is 0. The molecule has 100 valence electrons. The number of nitrogens with zero attached hydrogens (tertiary/aromatic N) is 1. The molecule has 0 aliphatic rings. The topological polar surface area (TPSA) is 36.2 Å². The van der Waals surface area contributed by atoms with Gasteiger partial charge < -0.3 is 9.94 Å². The molecule has 0 aliphatic carbocycles. The number of hydrogen-bond acceptors (Lipinski definition) is 2. The Bertz CT molecular complexity index is 769. The summed E-state index contributed by atoms with van der Waals surface area (Å²) in [6, 6.07) is 13.2. The second-order valence-electron chi connectivity index (χ2n) is 4.49. The van der Waals surface area contributed by atoms with Crippen LogP contribution in [0.1, 0.15) is 0 Å². The van der Waals surface area contributed by atoms with Gasteiger partial charge in [0.15, 0.2) is 6.20 Å². The van der Waals surface area contributed by atoms with Crippen LogP contribution in [0.5, 0.6) is 5.75 Å². The lowest BCUT2D eigenvalue weighted by Crippen LogP contribution is -2.28. The van der Waals surface area contributed by atoms with Crippen molar-refractivity contribution >= 4 is 10.8 Å². The third-order valence-corrected chi connectivity index (χ3v) is 3.22. The van der Waals surface area contributed by atoms with Crippen LogP contribution in [0.15, 0.2) is 54.7 Å². The second-order valence-corrected chi connectivity index (χ2v) is 4.49. The third kappa shape index (κ3) is 2.16. The standard InChI is InChI=1S/C16H12FNO2/c1-20-15-6-3-11(4-7-15)16-9-13-8-14(17)5-2-12(13)10-18(16)19/h2-10H,1H3. The van der Waals surface area contributed by atoms with Gasteiger partial charge >= 0.3 is 0 Å². The van der Waals surface area contributed by atoms with Crippen molar-refractivity contribution in [2.75, 3.05) is 7.11 Å². The maximum atomic E-state index is 13.3. The summed E-state index contributed by atoms with van der Waals surface area (Å²) in [5.41, 5.74) is 1.23. The molecule has 0 aliphatic heterocycles. The zero-order valence-corrected chi connectivity index (χ0v) is 10.8. The highest BCUT2D eigenvalue weighted by Gasteiger charge is 2.11. The van der Waals surface area contributed by atoms with E-state index >= 15 is 0 Å². The molecule has 0 amide bonds. The summed E-state index contributed by atoms with van der Waals surface area (Å²) in [7, 11) is 1.58. The number of methoxy groups -OCH3 is 1. The van der Waals surface area contributed by atoms with Gasteiger partial charge in [-0.1, -0.05) is 0 Å². The van der Waals surface area contributed by atoms with E-state index in [-0.39, 0.29) is 5.82 Å². The number of fused-ring (bicyclic) bond motifs is 1. The van der Waals surface area contributed by atoms with Crippen molar-refractivity contribution in [3.05, 3.63) is 65.8 Å². The van der Waals surface area contributed by atoms with Gasteiger partial charge in [0.05, 0.1) is 7.11 Å². The van der Waals surface area contributed by atoms with Crippen LogP contribution in [0.3, 0.4) is 0 Å². The van der Waals surface area contributed by atoms with E-state index in [0.717, 1.165) is 16.0 Å². The third-order valence-electron chi connectivity index (χ3n) is 3.22. The molecular weight excluding hydrogens is 257 g/mol. The van der Waals surface area contributed by atoms with E-state index in [2.05, 4.69) is 0 Å². The zero-order valence-electron chi connectivity index (χ0n) is 10.8. The second kappa shape index (κ2) is 4.81. The minimum absolute atomic E-state index is 0.318. The van der Waals surface area contributed by atoms with Crippen LogP contribution < -0.4 is 9.47 Å². The average molecular weight is 269 g/mol. The average Bonchev–Trinajstić information content (AvgIpc) is 2.47. The molecule has 3 nitrogen and oxygen atoms in total. The molecule has 0 unspecified atom stereocenters. The fourth-order valence-corrected chi connectivity index (χ4v) is 2.17. The van der Waals surface area contributed by atoms with E-state index in [4.69, 9.17) is 4.74 Å². The summed E-state index contributed by atoms with van der Waals surface area (Å²) >= 11 is 0. The molecule has 0 radical (unpaired) electrons. The molecule has 0 saturated carbocycles. The van der Waals surface area contributed by atoms with Crippen molar-refractivity contribution < 1.29 is 13.9 Å². The molecule has 0 N–H and O–H groups in total. The van der Waals surface area contributed by atoms with Crippen molar-refractivity contribution in [2.24, 2.45) is 0 Å². The Kier molecular flexibility index (Phi) is 2.99. The minimum Gasteiger partial charge on any atom is -0.618 e. The first kappa shape index (κ1) is 12.4. The van der Waals surface area contributed by atoms with E-state index in [0.29, 0.717) is 16.5 Å². The molecule has 0 spiro atoms. The number of ether oxygens (including phenoxy) is 1. The van der Waals surface area contributed by atoms with Crippen LogP contribution in [-0.2, 0) is 0 Å². The Hall–Kier alpha value is -2.62. The summed E-state index contributed by atoms with van der Waals surface area (Å²) in [5.74, 6) is 0.403. The highest BCUT2D eigenvalue weighted by Crippen LogP contribution is 2.23. The van der Waals surface area contributed by atoms with E-state index in [9.17, 15) is 9.60 Å². The smallest absolute Gasteiger partial charge is 0.224 e. The van der Waals surface area contributed by atoms with Gasteiger partial charge in [-0.05, 0) is 47.9 Å². The quantitative estimate of drug-likeness (QED) is 0.528. The maximum Gasteiger partial charge on any atom is 0.224 e. The van der Waals surface area contributed by atoms with E-state index in [1.54, 1.807) is 43.5 Å². The lowest BCUT2D eigenvalue weighted by Gasteiger charge is -2.07. The van der Waals surface area contributed by atoms with Gasteiger partial charge in [0.2, 0.25) is 5.69 Å². The number of benzene rings is 2. The van der Waals surface area contributed by atoms with Crippen LogP contribution in [0.25, 0.3) is 22.0 Å². The summed E-state index contributed by atoms with van der Waals surface area (Å²) in [5, 5.41) is 13.5. The van der Waals surface area contributed by atoms with Gasteiger partial charge in [0.25, 0.3) is 0 Å². The number of hydrogen-bond donors (Lipinski definition) is 0. The molecule has 1 heterocycles. The molecule has 0 saturated heterocycles. The molecule has 4 heteroatoms. The minimum atomic E-state index is -0.318. The SMILES string of the molecule is COc1ccc(-c2cc3cc(F)ccc3c[n+]2[O-])cc1. The van der Waals surface area contributed by atoms with Gasteiger partial charge in [0.1, 0.15) is 11.6 Å². The van der Waals surface area contributed by atoms with Crippen molar-refractivity contribution in [1.29, 1.82) is 0 Å². The number of aromatic nitrogens is 1. The Morgan fingerprint density at radius 3 is 2.45 bits per heavy atom. The first-order valence-corrected chi connectivity index (χ1v) is 6.14. The van der Waals surface area contributed by atoms with Gasteiger partial charge in [-0.15, -0.1) is 0 Å². The molecule has 3 aromatic rings. The normalized spacial score (nSPS) is 10.7. The number of pyridine rings is 1. The van der Waals surface area contributed by atoms with E-state index < -0.39 is 0 Å². The van der Waals surface area contributed by atoms with Gasteiger partial charge in [0, 0.05) is 17.0 Å². The number of halogens is 1. The molecule has 2 aromatic carbocycles. The molecule has 0 fully saturated rings. The fourth-order valence-electron chi connectivity index (χ4n) is 2.17. The highest BCUT2D eigenvalue weighted by atomic mass is 19.1. The van der Waals surface area contributed by atoms with Gasteiger partial charge in [-0.2, -0.15) is 4.73 Å². The van der Waals surface area contributed by atoms with Crippen molar-refractivity contribution in [2.45, 2.75) is 0 Å². The first-order chi connectivity index (χ1) is 9.67. The predicted molar refractivity (Wildman–Crippen MR) is 74.9 cm³/mol. The maximum absolute atomic E-state index is 13.3. The lowest BCUT2D eigenvalue weighted by atomic mass is 10.1. The van der Waals surface area contributed by atoms with Crippen LogP contribution in [0.2, 0.25) is 0 Å². The van der Waals surface area contributed by atoms with Crippen LogP contribution >= 0.6 is 0 Å². The number of rotatable bonds is 2. The lowest BCUT2D eigenvalue weighted by molar-refractivity contribution is -0.592. The molecule has 20 heavy (non-hydrogen) atoms. The molecule has 1 aromatic heterocycles. The van der Waals surface area contributed by atoms with Crippen LogP contribution in [0, 0.1) is 11.0 Å². The van der Waals surface area contributed by atoms with Crippen molar-refractivity contribution in [3.63, 3.8) is 0 Å². The summed E-state index contributed by atoms with van der Waals surface area (Å²) in [4.78, 5) is 0. The summed E-state index contributed by atoms with van der Waals surface area (Å²) in [6.07, 6.45) is 1.45. The van der Waals surface area contributed by atoms with E-state index in [1.807, 2.05) is 0 Å². The van der Waals surface area contributed by atoms with E-state index in [1.165, 1.54) is 18.3 Å². The monoisotopic (exact) mass is 269 g/mol. The Morgan fingerprint density at radius 2 is 1.75 bits per heavy atom.